The van der Waals surface area contributed by atoms with Crippen molar-refractivity contribution in [3.05, 3.63) is 34.9 Å². The lowest BCUT2D eigenvalue weighted by atomic mass is 10.1. The van der Waals surface area contributed by atoms with Gasteiger partial charge in [-0.2, -0.15) is 0 Å². The first-order valence-electron chi connectivity index (χ1n) is 3.44. The van der Waals surface area contributed by atoms with Gasteiger partial charge < -0.3 is 0 Å². The largest absolute Gasteiger partial charge is 0.253 e. The molecule has 1 heteroatoms. The van der Waals surface area contributed by atoms with Crippen LogP contribution in [0.15, 0.2) is 18.2 Å². The lowest BCUT2D eigenvalue weighted by molar-refractivity contribution is 1.02. The maximum Gasteiger partial charge on any atom is 0.0351 e. The number of rotatable bonds is 1. The molecule has 1 aromatic rings. The zero-order valence-corrected chi connectivity index (χ0v) is 6.44. The summed E-state index contributed by atoms with van der Waals surface area (Å²) < 4.78 is 0. The van der Waals surface area contributed by atoms with Gasteiger partial charge in [0.1, 0.15) is 0 Å². The van der Waals surface area contributed by atoms with Gasteiger partial charge in [-0.05, 0) is 19.4 Å². The zero-order chi connectivity index (χ0) is 7.56. The molecule has 0 heterocycles. The van der Waals surface area contributed by atoms with E-state index in [1.807, 2.05) is 0 Å². The molecule has 0 saturated carbocycles. The summed E-state index contributed by atoms with van der Waals surface area (Å²) in [7, 11) is 0. The molecular weight excluding hydrogens is 122 g/mol. The van der Waals surface area contributed by atoms with E-state index in [1.165, 1.54) is 11.1 Å². The second-order valence-corrected chi connectivity index (χ2v) is 2.67. The Morgan fingerprint density at radius 1 is 1.10 bits per heavy atom. The van der Waals surface area contributed by atoms with Crippen LogP contribution >= 0.6 is 0 Å². The van der Waals surface area contributed by atoms with Gasteiger partial charge in [-0.1, -0.05) is 29.3 Å². The molecule has 0 unspecified atom stereocenters. The zero-order valence-electron chi connectivity index (χ0n) is 6.44. The standard InChI is InChI=1S/C9H12N/c1-7-3-8(2)5-9(4-7)6-10/h3-5,10H,6H2,1-2H3. The summed E-state index contributed by atoms with van der Waals surface area (Å²) in [6, 6.07) is 6.24. The third kappa shape index (κ3) is 1.58. The fourth-order valence-electron chi connectivity index (χ4n) is 1.17. The average Bonchev–Trinajstić information content (AvgIpc) is 1.85. The van der Waals surface area contributed by atoms with Gasteiger partial charge in [0.25, 0.3) is 0 Å². The summed E-state index contributed by atoms with van der Waals surface area (Å²) in [6.45, 7) is 4.51. The lowest BCUT2D eigenvalue weighted by Gasteiger charge is -1.99. The van der Waals surface area contributed by atoms with Crippen LogP contribution in [0.5, 0.6) is 0 Å². The molecule has 0 aliphatic rings. The second kappa shape index (κ2) is 2.84. The van der Waals surface area contributed by atoms with Crippen LogP contribution in [0.25, 0.3) is 0 Å². The van der Waals surface area contributed by atoms with Crippen LogP contribution in [0.4, 0.5) is 0 Å². The Kier molecular flexibility index (Phi) is 2.07. The van der Waals surface area contributed by atoms with Gasteiger partial charge in [0, 0.05) is 6.54 Å². The molecule has 0 bridgehead atoms. The highest BCUT2D eigenvalue weighted by atomic mass is 14.5. The van der Waals surface area contributed by atoms with Gasteiger partial charge in [-0.25, -0.2) is 0 Å². The molecule has 1 radical (unpaired) electrons. The number of hydrogen-bond donors (Lipinski definition) is 0. The van der Waals surface area contributed by atoms with Crippen molar-refractivity contribution in [2.75, 3.05) is 0 Å². The van der Waals surface area contributed by atoms with Crippen LogP contribution in [0.1, 0.15) is 16.7 Å². The van der Waals surface area contributed by atoms with Crippen LogP contribution in [0.2, 0.25) is 0 Å². The minimum absolute atomic E-state index is 0.391. The molecule has 0 saturated heterocycles. The molecule has 10 heavy (non-hydrogen) atoms. The average molecular weight is 134 g/mol. The molecule has 1 nitrogen and oxygen atoms in total. The summed E-state index contributed by atoms with van der Waals surface area (Å²) >= 11 is 0. The summed E-state index contributed by atoms with van der Waals surface area (Å²) in [6.07, 6.45) is 0. The Bertz CT molecular complexity index is 208. The van der Waals surface area contributed by atoms with Crippen molar-refractivity contribution in [1.29, 1.82) is 0 Å². The fraction of sp³-hybridized carbons (Fsp3) is 0.333. The molecule has 0 aromatic heterocycles. The van der Waals surface area contributed by atoms with Crippen LogP contribution in [0, 0.1) is 13.8 Å². The molecule has 0 atom stereocenters. The quantitative estimate of drug-likeness (QED) is 0.561. The van der Waals surface area contributed by atoms with E-state index in [9.17, 15) is 0 Å². The van der Waals surface area contributed by atoms with Crippen molar-refractivity contribution in [2.45, 2.75) is 20.4 Å². The highest BCUT2D eigenvalue weighted by molar-refractivity contribution is 5.28. The van der Waals surface area contributed by atoms with Gasteiger partial charge in [0.15, 0.2) is 0 Å². The Morgan fingerprint density at radius 2 is 1.60 bits per heavy atom. The monoisotopic (exact) mass is 134 g/mol. The van der Waals surface area contributed by atoms with Crippen LogP contribution in [-0.2, 0) is 6.54 Å². The molecule has 0 fully saturated rings. The van der Waals surface area contributed by atoms with Gasteiger partial charge in [-0.3, -0.25) is 5.73 Å². The van der Waals surface area contributed by atoms with Gasteiger partial charge >= 0.3 is 0 Å². The molecule has 0 aliphatic heterocycles. The lowest BCUT2D eigenvalue weighted by Crippen LogP contribution is -1.87. The highest BCUT2D eigenvalue weighted by Gasteiger charge is 1.91. The van der Waals surface area contributed by atoms with Crippen molar-refractivity contribution < 1.29 is 0 Å². The second-order valence-electron chi connectivity index (χ2n) is 2.67. The molecule has 0 aliphatic carbocycles. The summed E-state index contributed by atoms with van der Waals surface area (Å²) in [5.74, 6) is 0. The van der Waals surface area contributed by atoms with E-state index in [2.05, 4.69) is 32.0 Å². The Balaban J connectivity index is 3.06. The molecule has 0 spiro atoms. The molecular formula is C9H12N. The summed E-state index contributed by atoms with van der Waals surface area (Å²) in [5.41, 5.74) is 10.8. The molecule has 0 amide bonds. The maximum atomic E-state index is 7.14. The van der Waals surface area contributed by atoms with Crippen molar-refractivity contribution in [3.8, 4) is 0 Å². The summed E-state index contributed by atoms with van der Waals surface area (Å²) in [5, 5.41) is 0. The number of hydrogen-bond acceptors (Lipinski definition) is 0. The summed E-state index contributed by atoms with van der Waals surface area (Å²) in [4.78, 5) is 0. The van der Waals surface area contributed by atoms with Crippen LogP contribution in [-0.4, -0.2) is 0 Å². The Hall–Kier alpha value is -0.820. The van der Waals surface area contributed by atoms with E-state index in [0.29, 0.717) is 6.54 Å². The first kappa shape index (κ1) is 7.29. The predicted octanol–water partition coefficient (Wildman–Crippen LogP) is 2.09. The van der Waals surface area contributed by atoms with E-state index in [-0.39, 0.29) is 0 Å². The van der Waals surface area contributed by atoms with Crippen molar-refractivity contribution in [2.24, 2.45) is 0 Å². The van der Waals surface area contributed by atoms with Crippen molar-refractivity contribution in [1.82, 2.24) is 5.73 Å². The highest BCUT2D eigenvalue weighted by Crippen LogP contribution is 2.07. The Labute approximate surface area is 61.9 Å². The Morgan fingerprint density at radius 3 is 2.00 bits per heavy atom. The van der Waals surface area contributed by atoms with E-state index in [0.717, 1.165) is 5.56 Å². The van der Waals surface area contributed by atoms with Crippen molar-refractivity contribution in [3.63, 3.8) is 0 Å². The first-order chi connectivity index (χ1) is 4.72. The van der Waals surface area contributed by atoms with Gasteiger partial charge in [-0.15, -0.1) is 0 Å². The van der Waals surface area contributed by atoms with Crippen LogP contribution in [0.3, 0.4) is 0 Å². The van der Waals surface area contributed by atoms with E-state index in [1.54, 1.807) is 0 Å². The molecule has 1 N–H and O–H groups in total. The first-order valence-corrected chi connectivity index (χ1v) is 3.44. The van der Waals surface area contributed by atoms with E-state index in [4.69, 9.17) is 5.73 Å². The van der Waals surface area contributed by atoms with Gasteiger partial charge in [0.2, 0.25) is 0 Å². The van der Waals surface area contributed by atoms with Gasteiger partial charge in [0.05, 0.1) is 0 Å². The van der Waals surface area contributed by atoms with Crippen molar-refractivity contribution >= 4 is 0 Å². The number of nitrogens with one attached hydrogen (secondary N) is 1. The van der Waals surface area contributed by atoms with E-state index >= 15 is 0 Å². The fourth-order valence-corrected chi connectivity index (χ4v) is 1.17. The number of aryl methyl sites for hydroxylation is 2. The third-order valence-electron chi connectivity index (χ3n) is 1.49. The third-order valence-corrected chi connectivity index (χ3v) is 1.49. The minimum Gasteiger partial charge on any atom is -0.253 e. The molecule has 1 rings (SSSR count). The maximum absolute atomic E-state index is 7.14. The normalized spacial score (nSPS) is 9.90. The van der Waals surface area contributed by atoms with E-state index < -0.39 is 0 Å². The minimum atomic E-state index is 0.391. The molecule has 1 aromatic carbocycles. The smallest absolute Gasteiger partial charge is 0.0351 e. The number of benzene rings is 1. The topological polar surface area (TPSA) is 23.8 Å². The predicted molar refractivity (Wildman–Crippen MR) is 42.7 cm³/mol. The van der Waals surface area contributed by atoms with Crippen LogP contribution < -0.4 is 5.73 Å². The SMILES string of the molecule is Cc1cc(C)cc(C[NH])c1. The molecule has 53 valence electrons.